The van der Waals surface area contributed by atoms with Gasteiger partial charge < -0.3 is 14.0 Å². The maximum Gasteiger partial charge on any atom is 0.272 e. The molecule has 1 N–H and O–H groups in total. The number of nitrogens with zero attached hydrogens (tertiary/aromatic N) is 2. The number of hydrazone groups is 1. The van der Waals surface area contributed by atoms with E-state index >= 15 is 0 Å². The lowest BCUT2D eigenvalue weighted by Crippen LogP contribution is -2.22. The van der Waals surface area contributed by atoms with Crippen LogP contribution in [0.25, 0.3) is 0 Å². The van der Waals surface area contributed by atoms with Gasteiger partial charge in [0.1, 0.15) is 11.5 Å². The van der Waals surface area contributed by atoms with Crippen molar-refractivity contribution in [3.05, 3.63) is 58.0 Å². The molecular weight excluding hydrogens is 298 g/mol. The largest absolute Gasteiger partial charge is 0.497 e. The molecule has 1 aromatic carbocycles. The summed E-state index contributed by atoms with van der Waals surface area (Å²) in [6.07, 6.45) is 2.90. The van der Waals surface area contributed by atoms with E-state index < -0.39 is 5.91 Å². The van der Waals surface area contributed by atoms with E-state index in [4.69, 9.17) is 9.47 Å². The first-order valence-electron chi connectivity index (χ1n) is 6.77. The van der Waals surface area contributed by atoms with Crippen LogP contribution in [0.3, 0.4) is 0 Å². The lowest BCUT2D eigenvalue weighted by molar-refractivity contribution is 0.0954. The van der Waals surface area contributed by atoms with E-state index in [9.17, 15) is 9.59 Å². The SMILES string of the molecule is COc1ccc(OC)c(/C=N\NC(=O)c2ccc(=O)n(C)c2)c1. The number of benzene rings is 1. The number of amides is 1. The molecule has 0 radical (unpaired) electrons. The summed E-state index contributed by atoms with van der Waals surface area (Å²) in [5.74, 6) is 0.834. The van der Waals surface area contributed by atoms with Crippen LogP contribution in [0.2, 0.25) is 0 Å². The van der Waals surface area contributed by atoms with E-state index in [1.54, 1.807) is 39.5 Å². The Morgan fingerprint density at radius 1 is 1.22 bits per heavy atom. The summed E-state index contributed by atoms with van der Waals surface area (Å²) in [6, 6.07) is 8.01. The van der Waals surface area contributed by atoms with Crippen LogP contribution in [0.5, 0.6) is 11.5 Å². The molecule has 7 heteroatoms. The Labute approximate surface area is 133 Å². The lowest BCUT2D eigenvalue weighted by atomic mass is 10.2. The Morgan fingerprint density at radius 3 is 2.65 bits per heavy atom. The van der Waals surface area contributed by atoms with Crippen molar-refractivity contribution in [2.75, 3.05) is 14.2 Å². The highest BCUT2D eigenvalue weighted by molar-refractivity contribution is 5.94. The third-order valence-corrected chi connectivity index (χ3v) is 3.15. The van der Waals surface area contributed by atoms with E-state index in [0.29, 0.717) is 22.6 Å². The van der Waals surface area contributed by atoms with Crippen molar-refractivity contribution in [2.45, 2.75) is 0 Å². The van der Waals surface area contributed by atoms with E-state index in [1.807, 2.05) is 0 Å². The second kappa shape index (κ2) is 7.26. The molecule has 0 saturated heterocycles. The highest BCUT2D eigenvalue weighted by atomic mass is 16.5. The van der Waals surface area contributed by atoms with Gasteiger partial charge in [0.05, 0.1) is 26.0 Å². The second-order valence-corrected chi connectivity index (χ2v) is 4.67. The van der Waals surface area contributed by atoms with Crippen molar-refractivity contribution in [1.82, 2.24) is 9.99 Å². The minimum atomic E-state index is -0.418. The van der Waals surface area contributed by atoms with Gasteiger partial charge in [0.2, 0.25) is 5.56 Å². The Morgan fingerprint density at radius 2 is 2.00 bits per heavy atom. The maximum absolute atomic E-state index is 12.0. The molecule has 0 unspecified atom stereocenters. The van der Waals surface area contributed by atoms with E-state index in [2.05, 4.69) is 10.5 Å². The molecule has 0 saturated carbocycles. The minimum Gasteiger partial charge on any atom is -0.497 e. The zero-order valence-electron chi connectivity index (χ0n) is 13.1. The van der Waals surface area contributed by atoms with Crippen LogP contribution in [0, 0.1) is 0 Å². The van der Waals surface area contributed by atoms with Crippen molar-refractivity contribution in [1.29, 1.82) is 0 Å². The van der Waals surface area contributed by atoms with E-state index in [0.717, 1.165) is 0 Å². The number of hydrogen-bond donors (Lipinski definition) is 1. The predicted molar refractivity (Wildman–Crippen MR) is 86.3 cm³/mol. The predicted octanol–water partition coefficient (Wildman–Crippen LogP) is 1.17. The Bertz CT molecular complexity index is 796. The van der Waals surface area contributed by atoms with Gasteiger partial charge in [-0.15, -0.1) is 0 Å². The summed E-state index contributed by atoms with van der Waals surface area (Å²) >= 11 is 0. The van der Waals surface area contributed by atoms with Gasteiger partial charge in [0, 0.05) is 24.9 Å². The first kappa shape index (κ1) is 16.3. The zero-order chi connectivity index (χ0) is 16.8. The van der Waals surface area contributed by atoms with Crippen molar-refractivity contribution in [3.8, 4) is 11.5 Å². The molecule has 23 heavy (non-hydrogen) atoms. The van der Waals surface area contributed by atoms with Gasteiger partial charge in [-0.2, -0.15) is 5.10 Å². The molecule has 0 aliphatic carbocycles. The first-order chi connectivity index (χ1) is 11.0. The van der Waals surface area contributed by atoms with Crippen molar-refractivity contribution in [2.24, 2.45) is 12.1 Å². The Hall–Kier alpha value is -3.09. The summed E-state index contributed by atoms with van der Waals surface area (Å²) in [7, 11) is 4.68. The number of ether oxygens (including phenoxy) is 2. The van der Waals surface area contributed by atoms with Crippen LogP contribution in [0.15, 0.2) is 46.4 Å². The number of carbonyl (C=O) groups excluding carboxylic acids is 1. The molecule has 1 heterocycles. The molecule has 0 fully saturated rings. The number of nitrogens with one attached hydrogen (secondary N) is 1. The van der Waals surface area contributed by atoms with Crippen LogP contribution in [-0.4, -0.2) is 30.9 Å². The number of hydrogen-bond acceptors (Lipinski definition) is 5. The summed E-state index contributed by atoms with van der Waals surface area (Å²) in [4.78, 5) is 23.3. The molecule has 2 rings (SSSR count). The van der Waals surface area contributed by atoms with Crippen LogP contribution in [0.4, 0.5) is 0 Å². The van der Waals surface area contributed by atoms with Crippen molar-refractivity contribution < 1.29 is 14.3 Å². The van der Waals surface area contributed by atoms with Crippen molar-refractivity contribution >= 4 is 12.1 Å². The number of methoxy groups -OCH3 is 2. The second-order valence-electron chi connectivity index (χ2n) is 4.67. The number of aromatic nitrogens is 1. The van der Waals surface area contributed by atoms with Gasteiger partial charge in [-0.3, -0.25) is 9.59 Å². The summed E-state index contributed by atoms with van der Waals surface area (Å²) in [5.41, 5.74) is 3.21. The lowest BCUT2D eigenvalue weighted by Gasteiger charge is -2.07. The summed E-state index contributed by atoms with van der Waals surface area (Å²) in [5, 5.41) is 3.91. The van der Waals surface area contributed by atoms with Gasteiger partial charge in [-0.05, 0) is 24.3 Å². The Kier molecular flexibility index (Phi) is 5.14. The Balaban J connectivity index is 2.13. The fourth-order valence-electron chi connectivity index (χ4n) is 1.89. The zero-order valence-corrected chi connectivity index (χ0v) is 13.1. The first-order valence-corrected chi connectivity index (χ1v) is 6.77. The van der Waals surface area contributed by atoms with Crippen LogP contribution >= 0.6 is 0 Å². The van der Waals surface area contributed by atoms with Crippen LogP contribution in [0.1, 0.15) is 15.9 Å². The smallest absolute Gasteiger partial charge is 0.272 e. The molecule has 120 valence electrons. The van der Waals surface area contributed by atoms with Gasteiger partial charge in [-0.25, -0.2) is 5.43 Å². The number of pyridine rings is 1. The van der Waals surface area contributed by atoms with Gasteiger partial charge in [0.15, 0.2) is 0 Å². The monoisotopic (exact) mass is 315 g/mol. The molecule has 0 bridgehead atoms. The average Bonchev–Trinajstić information content (AvgIpc) is 2.57. The number of carbonyl (C=O) groups is 1. The highest BCUT2D eigenvalue weighted by Crippen LogP contribution is 2.22. The fourth-order valence-corrected chi connectivity index (χ4v) is 1.89. The number of rotatable bonds is 5. The molecule has 7 nitrogen and oxygen atoms in total. The molecular formula is C16H17N3O4. The third kappa shape index (κ3) is 3.97. The molecule has 0 aliphatic rings. The molecule has 1 aromatic heterocycles. The molecule has 0 atom stereocenters. The fraction of sp³-hybridized carbons (Fsp3) is 0.188. The minimum absolute atomic E-state index is 0.189. The van der Waals surface area contributed by atoms with Gasteiger partial charge in [-0.1, -0.05) is 0 Å². The van der Waals surface area contributed by atoms with Crippen molar-refractivity contribution in [3.63, 3.8) is 0 Å². The maximum atomic E-state index is 12.0. The van der Waals surface area contributed by atoms with Gasteiger partial charge >= 0.3 is 0 Å². The number of aryl methyl sites for hydroxylation is 1. The van der Waals surface area contributed by atoms with Gasteiger partial charge in [0.25, 0.3) is 5.91 Å². The average molecular weight is 315 g/mol. The normalized spacial score (nSPS) is 10.6. The van der Waals surface area contributed by atoms with E-state index in [-0.39, 0.29) is 5.56 Å². The van der Waals surface area contributed by atoms with Crippen LogP contribution < -0.4 is 20.5 Å². The highest BCUT2D eigenvalue weighted by Gasteiger charge is 2.06. The summed E-state index contributed by atoms with van der Waals surface area (Å²) < 4.78 is 11.7. The quantitative estimate of drug-likeness (QED) is 0.663. The van der Waals surface area contributed by atoms with Crippen LogP contribution in [-0.2, 0) is 7.05 Å². The molecule has 2 aromatic rings. The molecule has 0 spiro atoms. The molecule has 0 aliphatic heterocycles. The van der Waals surface area contributed by atoms with E-state index in [1.165, 1.54) is 29.1 Å². The summed E-state index contributed by atoms with van der Waals surface area (Å²) in [6.45, 7) is 0. The third-order valence-electron chi connectivity index (χ3n) is 3.15. The topological polar surface area (TPSA) is 81.9 Å². The standard InChI is InChI=1S/C16H17N3O4/c1-19-10-11(4-7-15(19)20)16(21)18-17-9-12-8-13(22-2)5-6-14(12)23-3/h4-10H,1-3H3,(H,18,21)/b17-9-. The molecule has 1 amide bonds.